The highest BCUT2D eigenvalue weighted by Gasteiger charge is 2.18. The average Bonchev–Trinajstić information content (AvgIpc) is 2.76. The number of hydrogen-bond donors (Lipinski definition) is 1. The number of rotatable bonds is 6. The summed E-state index contributed by atoms with van der Waals surface area (Å²) in [7, 11) is 0. The fourth-order valence-electron chi connectivity index (χ4n) is 1.28. The largest absolute Gasteiger partial charge is 0.480 e. The van der Waals surface area contributed by atoms with Crippen LogP contribution in [-0.2, 0) is 16.1 Å². The van der Waals surface area contributed by atoms with Crippen LogP contribution in [0.25, 0.3) is 0 Å². The first-order chi connectivity index (χ1) is 8.93. The lowest BCUT2D eigenvalue weighted by atomic mass is 10.4. The van der Waals surface area contributed by atoms with Crippen molar-refractivity contribution in [3.05, 3.63) is 22.5 Å². The van der Waals surface area contributed by atoms with Crippen LogP contribution in [0.15, 0.2) is 12.4 Å². The third-order valence-electron chi connectivity index (χ3n) is 2.09. The Kier molecular flexibility index (Phi) is 4.59. The lowest BCUT2D eigenvalue weighted by molar-refractivity contribution is -0.385. The first kappa shape index (κ1) is 14.2. The number of nitrogens with zero attached hydrogens (tertiary/aromatic N) is 4. The van der Waals surface area contributed by atoms with Gasteiger partial charge >= 0.3 is 11.7 Å². The van der Waals surface area contributed by atoms with E-state index < -0.39 is 23.3 Å². The number of carboxylic acid groups (broad SMARTS) is 1. The molecular weight excluding hydrogens is 256 g/mol. The number of carbonyl (C=O) groups is 2. The van der Waals surface area contributed by atoms with E-state index in [1.165, 1.54) is 0 Å². The number of hydrogen-bond acceptors (Lipinski definition) is 5. The molecule has 0 atom stereocenters. The van der Waals surface area contributed by atoms with Crippen LogP contribution in [-0.4, -0.2) is 49.7 Å². The second kappa shape index (κ2) is 6.15. The number of aromatic nitrogens is 2. The molecule has 1 rings (SSSR count). The Morgan fingerprint density at radius 2 is 2.32 bits per heavy atom. The molecule has 9 heteroatoms. The normalized spacial score (nSPS) is 9.63. The Labute approximate surface area is 107 Å². The zero-order chi connectivity index (χ0) is 14.4. The third kappa shape index (κ3) is 4.12. The van der Waals surface area contributed by atoms with Gasteiger partial charge in [0.15, 0.2) is 0 Å². The summed E-state index contributed by atoms with van der Waals surface area (Å²) in [6.45, 7) is -1.01. The van der Waals surface area contributed by atoms with Crippen molar-refractivity contribution in [1.82, 2.24) is 14.7 Å². The van der Waals surface area contributed by atoms with Crippen LogP contribution in [0.3, 0.4) is 0 Å². The summed E-state index contributed by atoms with van der Waals surface area (Å²) in [6, 6.07) is 0. The molecule has 1 amide bonds. The van der Waals surface area contributed by atoms with Gasteiger partial charge in [-0.25, -0.2) is 0 Å². The van der Waals surface area contributed by atoms with E-state index in [0.29, 0.717) is 0 Å². The number of carbonyl (C=O) groups excluding carboxylic acids is 1. The van der Waals surface area contributed by atoms with Gasteiger partial charge in [-0.2, -0.15) is 5.10 Å². The number of nitro groups is 1. The molecule has 0 aliphatic heterocycles. The maximum absolute atomic E-state index is 11.8. The molecular formula is C10H10N4O5. The van der Waals surface area contributed by atoms with Gasteiger partial charge < -0.3 is 10.0 Å². The van der Waals surface area contributed by atoms with Gasteiger partial charge in [0, 0.05) is 0 Å². The molecule has 0 fully saturated rings. The minimum atomic E-state index is -1.20. The summed E-state index contributed by atoms with van der Waals surface area (Å²) < 4.78 is 1.05. The molecule has 0 aliphatic carbocycles. The molecule has 0 radical (unpaired) electrons. The van der Waals surface area contributed by atoms with Gasteiger partial charge in [0.2, 0.25) is 5.91 Å². The van der Waals surface area contributed by atoms with E-state index in [9.17, 15) is 19.7 Å². The molecule has 0 aliphatic rings. The van der Waals surface area contributed by atoms with Crippen LogP contribution < -0.4 is 0 Å². The number of terminal acetylenes is 1. The van der Waals surface area contributed by atoms with Crippen molar-refractivity contribution >= 4 is 17.6 Å². The lowest BCUT2D eigenvalue weighted by Gasteiger charge is -2.17. The van der Waals surface area contributed by atoms with Crippen molar-refractivity contribution < 1.29 is 19.6 Å². The molecule has 0 saturated carbocycles. The Hall–Kier alpha value is -2.89. The Balaban J connectivity index is 2.72. The first-order valence-corrected chi connectivity index (χ1v) is 5.04. The van der Waals surface area contributed by atoms with Crippen LogP contribution in [0.4, 0.5) is 5.69 Å². The van der Waals surface area contributed by atoms with Gasteiger partial charge in [-0.3, -0.25) is 24.4 Å². The van der Waals surface area contributed by atoms with E-state index in [0.717, 1.165) is 22.0 Å². The summed E-state index contributed by atoms with van der Waals surface area (Å²) in [5, 5.41) is 22.7. The van der Waals surface area contributed by atoms with Crippen molar-refractivity contribution in [2.45, 2.75) is 6.54 Å². The highest BCUT2D eigenvalue weighted by atomic mass is 16.6. The minimum Gasteiger partial charge on any atom is -0.480 e. The summed E-state index contributed by atoms with van der Waals surface area (Å²) in [6.07, 6.45) is 7.10. The van der Waals surface area contributed by atoms with Gasteiger partial charge in [0.05, 0.1) is 11.5 Å². The molecule has 0 bridgehead atoms. The maximum Gasteiger partial charge on any atom is 0.323 e. The minimum absolute atomic E-state index is 0.158. The van der Waals surface area contributed by atoms with Crippen LogP contribution >= 0.6 is 0 Å². The summed E-state index contributed by atoms with van der Waals surface area (Å²) >= 11 is 0. The third-order valence-corrected chi connectivity index (χ3v) is 2.09. The molecule has 0 spiro atoms. The van der Waals surface area contributed by atoms with Gasteiger partial charge in [-0.05, 0) is 0 Å². The summed E-state index contributed by atoms with van der Waals surface area (Å²) in [5.74, 6) is 0.383. The molecule has 1 aromatic rings. The first-order valence-electron chi connectivity index (χ1n) is 5.04. The predicted octanol–water partition coefficient (Wildman–Crippen LogP) is -0.662. The molecule has 1 heterocycles. The van der Waals surface area contributed by atoms with E-state index in [-0.39, 0.29) is 18.8 Å². The Morgan fingerprint density at radius 3 is 2.79 bits per heavy atom. The smallest absolute Gasteiger partial charge is 0.323 e. The topological polar surface area (TPSA) is 119 Å². The van der Waals surface area contributed by atoms with E-state index in [4.69, 9.17) is 11.5 Å². The summed E-state index contributed by atoms with van der Waals surface area (Å²) in [4.78, 5) is 33.0. The molecule has 9 nitrogen and oxygen atoms in total. The SMILES string of the molecule is C#CCN(CC(=O)O)C(=O)Cn1cc([N+](=O)[O-])cn1. The highest BCUT2D eigenvalue weighted by molar-refractivity contribution is 5.81. The monoisotopic (exact) mass is 266 g/mol. The van der Waals surface area contributed by atoms with Gasteiger partial charge in [-0.15, -0.1) is 6.42 Å². The average molecular weight is 266 g/mol. The Morgan fingerprint density at radius 1 is 1.63 bits per heavy atom. The van der Waals surface area contributed by atoms with E-state index in [1.54, 1.807) is 0 Å². The lowest BCUT2D eigenvalue weighted by Crippen LogP contribution is -2.38. The maximum atomic E-state index is 11.8. The quantitative estimate of drug-likeness (QED) is 0.414. The number of carboxylic acids is 1. The van der Waals surface area contributed by atoms with Gasteiger partial charge in [0.25, 0.3) is 0 Å². The van der Waals surface area contributed by atoms with E-state index >= 15 is 0 Å². The highest BCUT2D eigenvalue weighted by Crippen LogP contribution is 2.07. The van der Waals surface area contributed by atoms with Crippen molar-refractivity contribution in [3.8, 4) is 12.3 Å². The fourth-order valence-corrected chi connectivity index (χ4v) is 1.28. The second-order valence-electron chi connectivity index (χ2n) is 3.50. The molecule has 19 heavy (non-hydrogen) atoms. The molecule has 0 saturated heterocycles. The fraction of sp³-hybridized carbons (Fsp3) is 0.300. The van der Waals surface area contributed by atoms with Crippen LogP contribution in [0.1, 0.15) is 0 Å². The van der Waals surface area contributed by atoms with Crippen LogP contribution in [0, 0.1) is 22.5 Å². The van der Waals surface area contributed by atoms with Crippen LogP contribution in [0.2, 0.25) is 0 Å². The zero-order valence-corrected chi connectivity index (χ0v) is 9.72. The molecule has 0 aromatic carbocycles. The molecule has 0 unspecified atom stereocenters. The summed E-state index contributed by atoms with van der Waals surface area (Å²) in [5.41, 5.74) is -0.255. The van der Waals surface area contributed by atoms with Gasteiger partial charge in [0.1, 0.15) is 25.5 Å². The van der Waals surface area contributed by atoms with Crippen molar-refractivity contribution in [2.75, 3.05) is 13.1 Å². The van der Waals surface area contributed by atoms with E-state index in [2.05, 4.69) is 11.0 Å². The number of amides is 1. The van der Waals surface area contributed by atoms with Gasteiger partial charge in [-0.1, -0.05) is 5.92 Å². The standard InChI is InChI=1S/C10H10N4O5/c1-2-3-12(7-10(16)17)9(15)6-13-5-8(4-11-13)14(18)19/h1,4-5H,3,6-7H2,(H,16,17). The molecule has 100 valence electrons. The van der Waals surface area contributed by atoms with E-state index in [1.807, 2.05) is 0 Å². The second-order valence-corrected chi connectivity index (χ2v) is 3.50. The van der Waals surface area contributed by atoms with Crippen molar-refractivity contribution in [1.29, 1.82) is 0 Å². The zero-order valence-electron chi connectivity index (χ0n) is 9.72. The number of aliphatic carboxylic acids is 1. The van der Waals surface area contributed by atoms with Crippen LogP contribution in [0.5, 0.6) is 0 Å². The Bertz CT molecular complexity index is 544. The predicted molar refractivity (Wildman–Crippen MR) is 61.9 cm³/mol. The molecule has 1 N–H and O–H groups in total. The van der Waals surface area contributed by atoms with Crippen molar-refractivity contribution in [2.24, 2.45) is 0 Å². The molecule has 1 aromatic heterocycles. The van der Waals surface area contributed by atoms with Crippen molar-refractivity contribution in [3.63, 3.8) is 0 Å².